The fourth-order valence-corrected chi connectivity index (χ4v) is 2.89. The van der Waals surface area contributed by atoms with Crippen LogP contribution in [0.1, 0.15) is 40.0 Å². The van der Waals surface area contributed by atoms with E-state index in [0.717, 1.165) is 12.0 Å². The summed E-state index contributed by atoms with van der Waals surface area (Å²) in [5, 5.41) is 0.188. The van der Waals surface area contributed by atoms with Crippen molar-refractivity contribution < 1.29 is 9.22 Å². The van der Waals surface area contributed by atoms with Crippen LogP contribution in [0.4, 0.5) is 0 Å². The van der Waals surface area contributed by atoms with E-state index in [9.17, 15) is 4.79 Å². The van der Waals surface area contributed by atoms with E-state index in [-0.39, 0.29) is 11.1 Å². The minimum absolute atomic E-state index is 0.0258. The van der Waals surface area contributed by atoms with Gasteiger partial charge in [-0.25, -0.2) is 0 Å². The second kappa shape index (κ2) is 4.45. The fourth-order valence-electron chi connectivity index (χ4n) is 1.57. The molecule has 92 valence electrons. The molecule has 1 atom stereocenters. The Labute approximate surface area is 100 Å². The van der Waals surface area contributed by atoms with Crippen molar-refractivity contribution in [1.29, 1.82) is 0 Å². The first-order chi connectivity index (χ1) is 7.13. The molecule has 0 aromatic carbocycles. The molecule has 0 unspecified atom stereocenters. The summed E-state index contributed by atoms with van der Waals surface area (Å²) in [4.78, 5) is 11.4. The summed E-state index contributed by atoms with van der Waals surface area (Å²) in [5.41, 5.74) is 1.10. The van der Waals surface area contributed by atoms with Gasteiger partial charge in [-0.05, 0) is 30.1 Å². The number of carbonyl (C=O) groups is 1. The van der Waals surface area contributed by atoms with E-state index in [1.165, 1.54) is 0 Å². The molecule has 0 heterocycles. The molecular weight excluding hydrogens is 216 g/mol. The molecule has 0 aromatic heterocycles. The van der Waals surface area contributed by atoms with Crippen LogP contribution in [-0.4, -0.2) is 20.2 Å². The summed E-state index contributed by atoms with van der Waals surface area (Å²) in [6.07, 6.45) is 1.96. The first-order valence-electron chi connectivity index (χ1n) is 6.01. The van der Waals surface area contributed by atoms with Crippen molar-refractivity contribution in [2.45, 2.75) is 64.3 Å². The molecule has 0 radical (unpaired) electrons. The van der Waals surface area contributed by atoms with Crippen molar-refractivity contribution >= 4 is 14.1 Å². The van der Waals surface area contributed by atoms with Crippen LogP contribution in [0, 0.1) is 0 Å². The third kappa shape index (κ3) is 3.05. The molecule has 0 N–H and O–H groups in total. The normalized spacial score (nSPS) is 23.7. The lowest BCUT2D eigenvalue weighted by molar-refractivity contribution is -0.121. The number of hydrogen-bond donors (Lipinski definition) is 0. The molecule has 0 amide bonds. The zero-order valence-corrected chi connectivity index (χ0v) is 12.2. The van der Waals surface area contributed by atoms with Gasteiger partial charge in [0.15, 0.2) is 8.32 Å². The van der Waals surface area contributed by atoms with Crippen LogP contribution in [0.3, 0.4) is 0 Å². The average Bonchev–Trinajstić information content (AvgIpc) is 2.09. The van der Waals surface area contributed by atoms with E-state index in [0.29, 0.717) is 18.6 Å². The maximum absolute atomic E-state index is 11.4. The molecule has 1 saturated carbocycles. The molecule has 0 aliphatic heterocycles. The summed E-state index contributed by atoms with van der Waals surface area (Å²) in [7, 11) is -1.78. The quantitative estimate of drug-likeness (QED) is 0.543. The van der Waals surface area contributed by atoms with Gasteiger partial charge in [0.05, 0.1) is 6.10 Å². The average molecular weight is 240 g/mol. The molecule has 1 rings (SSSR count). The Morgan fingerprint density at radius 1 is 1.31 bits per heavy atom. The molecule has 1 fully saturated rings. The lowest BCUT2D eigenvalue weighted by Gasteiger charge is -2.40. The Bertz CT molecular complexity index is 300. The maximum Gasteiger partial charge on any atom is 0.192 e. The maximum atomic E-state index is 11.4. The first kappa shape index (κ1) is 13.7. The molecule has 0 saturated heterocycles. The van der Waals surface area contributed by atoms with Gasteiger partial charge in [0, 0.05) is 12.8 Å². The Morgan fingerprint density at radius 2 is 1.88 bits per heavy atom. The van der Waals surface area contributed by atoms with E-state index in [1.54, 1.807) is 0 Å². The number of ketones is 1. The molecule has 1 aliphatic carbocycles. The largest absolute Gasteiger partial charge is 0.410 e. The summed E-state index contributed by atoms with van der Waals surface area (Å²) >= 11 is 0. The second-order valence-electron chi connectivity index (χ2n) is 6.27. The third-order valence-electron chi connectivity index (χ3n) is 3.84. The van der Waals surface area contributed by atoms with Crippen LogP contribution in [0.5, 0.6) is 0 Å². The van der Waals surface area contributed by atoms with Crippen LogP contribution in [0.2, 0.25) is 18.1 Å². The van der Waals surface area contributed by atoms with Gasteiger partial charge < -0.3 is 4.43 Å². The third-order valence-corrected chi connectivity index (χ3v) is 8.32. The minimum Gasteiger partial charge on any atom is -0.410 e. The molecular formula is C13H24O2Si. The summed E-state index contributed by atoms with van der Waals surface area (Å²) < 4.78 is 6.24. The number of hydrogen-bond acceptors (Lipinski definition) is 2. The van der Waals surface area contributed by atoms with E-state index >= 15 is 0 Å². The number of rotatable bonds is 2. The van der Waals surface area contributed by atoms with Gasteiger partial charge in [-0.15, -0.1) is 0 Å². The predicted molar refractivity (Wildman–Crippen MR) is 70.1 cm³/mol. The van der Waals surface area contributed by atoms with Crippen molar-refractivity contribution in [2.24, 2.45) is 0 Å². The van der Waals surface area contributed by atoms with E-state index in [4.69, 9.17) is 4.43 Å². The van der Waals surface area contributed by atoms with Gasteiger partial charge in [-0.1, -0.05) is 27.4 Å². The number of carbonyl (C=O) groups excluding carboxylic acids is 1. The first-order valence-corrected chi connectivity index (χ1v) is 8.91. The second-order valence-corrected chi connectivity index (χ2v) is 11.0. The Kier molecular flexibility index (Phi) is 3.80. The smallest absolute Gasteiger partial charge is 0.192 e. The van der Waals surface area contributed by atoms with Gasteiger partial charge in [0.1, 0.15) is 5.78 Å². The zero-order chi connectivity index (χ0) is 12.6. The van der Waals surface area contributed by atoms with E-state index in [2.05, 4.69) is 40.4 Å². The molecule has 3 heteroatoms. The van der Waals surface area contributed by atoms with Crippen molar-refractivity contribution in [2.75, 3.05) is 0 Å². The van der Waals surface area contributed by atoms with Crippen LogP contribution in [0.25, 0.3) is 0 Å². The fraction of sp³-hybridized carbons (Fsp3) is 0.769. The molecule has 1 aliphatic rings. The number of Topliss-reactive ketones (excluding diaryl/α,β-unsaturated/α-hetero) is 1. The topological polar surface area (TPSA) is 26.3 Å². The van der Waals surface area contributed by atoms with E-state index < -0.39 is 8.32 Å². The molecule has 0 aromatic rings. The SMILES string of the molecule is C=C1CCC(=O)C[C@H]1O[Si](C)(C)C(C)(C)C. The van der Waals surface area contributed by atoms with Crippen LogP contribution in [0.15, 0.2) is 12.2 Å². The lowest BCUT2D eigenvalue weighted by Crippen LogP contribution is -2.45. The predicted octanol–water partition coefficient (Wildman–Crippen LogP) is 3.69. The van der Waals surface area contributed by atoms with Crippen molar-refractivity contribution in [1.82, 2.24) is 0 Å². The monoisotopic (exact) mass is 240 g/mol. The molecule has 0 bridgehead atoms. The zero-order valence-electron chi connectivity index (χ0n) is 11.2. The summed E-state index contributed by atoms with van der Waals surface area (Å²) in [6, 6.07) is 0. The standard InChI is InChI=1S/C13H24O2Si/c1-10-7-8-11(14)9-12(10)15-16(5,6)13(2,3)4/h12H,1,7-9H2,2-6H3/t12-/m1/s1. The Morgan fingerprint density at radius 3 is 2.38 bits per heavy atom. The van der Waals surface area contributed by atoms with Gasteiger partial charge in [-0.3, -0.25) is 4.79 Å². The highest BCUT2D eigenvalue weighted by Gasteiger charge is 2.40. The summed E-state index contributed by atoms with van der Waals surface area (Å²) in [6.45, 7) is 15.1. The van der Waals surface area contributed by atoms with Crippen molar-refractivity contribution in [3.8, 4) is 0 Å². The minimum atomic E-state index is -1.78. The Balaban J connectivity index is 2.72. The summed E-state index contributed by atoms with van der Waals surface area (Å²) in [5.74, 6) is 0.316. The van der Waals surface area contributed by atoms with Crippen molar-refractivity contribution in [3.05, 3.63) is 12.2 Å². The highest BCUT2D eigenvalue weighted by molar-refractivity contribution is 6.74. The van der Waals surface area contributed by atoms with Gasteiger partial charge in [-0.2, -0.15) is 0 Å². The highest BCUT2D eigenvalue weighted by Crippen LogP contribution is 2.39. The van der Waals surface area contributed by atoms with Gasteiger partial charge >= 0.3 is 0 Å². The molecule has 16 heavy (non-hydrogen) atoms. The van der Waals surface area contributed by atoms with Crippen LogP contribution in [-0.2, 0) is 9.22 Å². The highest BCUT2D eigenvalue weighted by atomic mass is 28.4. The van der Waals surface area contributed by atoms with Gasteiger partial charge in [0.2, 0.25) is 0 Å². The molecule has 0 spiro atoms. The van der Waals surface area contributed by atoms with Crippen LogP contribution >= 0.6 is 0 Å². The van der Waals surface area contributed by atoms with Crippen LogP contribution < -0.4 is 0 Å². The van der Waals surface area contributed by atoms with Gasteiger partial charge in [0.25, 0.3) is 0 Å². The Hall–Kier alpha value is -0.413. The van der Waals surface area contributed by atoms with E-state index in [1.807, 2.05) is 0 Å². The molecule has 2 nitrogen and oxygen atoms in total. The van der Waals surface area contributed by atoms with Crippen molar-refractivity contribution in [3.63, 3.8) is 0 Å². The lowest BCUT2D eigenvalue weighted by atomic mass is 9.92.